The molecule has 1 unspecified atom stereocenters. The zero-order valence-electron chi connectivity index (χ0n) is 13.7. The van der Waals surface area contributed by atoms with Crippen LogP contribution in [0.5, 0.6) is 0 Å². The number of nitrogens with one attached hydrogen (secondary N) is 1. The van der Waals surface area contributed by atoms with Gasteiger partial charge in [0.05, 0.1) is 18.3 Å². The number of hydrogen-bond donors (Lipinski definition) is 2. The number of nitrogens with two attached hydrogens (primary N) is 1. The first kappa shape index (κ1) is 19.6. The Morgan fingerprint density at radius 1 is 1.52 bits per heavy atom. The van der Waals surface area contributed by atoms with E-state index in [1.54, 1.807) is 22.2 Å². The molecular weight excluding hydrogens is 334 g/mol. The van der Waals surface area contributed by atoms with Crippen LogP contribution in [-0.2, 0) is 6.54 Å². The molecule has 8 heteroatoms. The van der Waals surface area contributed by atoms with Crippen molar-refractivity contribution in [3.05, 3.63) is 34.3 Å². The predicted octanol–water partition coefficient (Wildman–Crippen LogP) is 2.30. The Labute approximate surface area is 146 Å². The van der Waals surface area contributed by atoms with Crippen LogP contribution in [0.25, 0.3) is 0 Å². The van der Waals surface area contributed by atoms with Crippen molar-refractivity contribution in [3.8, 4) is 0 Å². The Hall–Kier alpha value is -1.44. The molecule has 0 saturated heterocycles. The molecule has 0 bridgehead atoms. The van der Waals surface area contributed by atoms with Gasteiger partial charge >= 0.3 is 0 Å². The van der Waals surface area contributed by atoms with Gasteiger partial charge in [0.1, 0.15) is 0 Å². The molecule has 0 aliphatic carbocycles. The molecule has 1 atom stereocenters. The average molecular weight is 358 g/mol. The summed E-state index contributed by atoms with van der Waals surface area (Å²) in [6, 6.07) is 4.02. The standard InChI is InChI=1S/C15H23N5OS.ClH/c1-11(2)7-15(3,10-16)17-14(21)13-9-20(19-18-13)8-12-5-4-6-22-12;/h4-6,9,11H,7-8,10,16H2,1-3H3,(H,17,21);1H. The second-order valence-corrected chi connectivity index (χ2v) is 7.23. The maximum atomic E-state index is 12.3. The first-order valence-electron chi connectivity index (χ1n) is 7.37. The lowest BCUT2D eigenvalue weighted by atomic mass is 9.90. The first-order chi connectivity index (χ1) is 10.4. The van der Waals surface area contributed by atoms with Gasteiger partial charge in [-0.25, -0.2) is 4.68 Å². The minimum atomic E-state index is -0.428. The number of carbonyl (C=O) groups is 1. The van der Waals surface area contributed by atoms with E-state index < -0.39 is 5.54 Å². The van der Waals surface area contributed by atoms with E-state index in [0.29, 0.717) is 24.7 Å². The van der Waals surface area contributed by atoms with Gasteiger partial charge in [-0.1, -0.05) is 25.1 Å². The van der Waals surface area contributed by atoms with Crippen LogP contribution in [0.15, 0.2) is 23.7 Å². The summed E-state index contributed by atoms with van der Waals surface area (Å²) in [6.07, 6.45) is 2.49. The molecule has 0 saturated carbocycles. The highest BCUT2D eigenvalue weighted by molar-refractivity contribution is 7.09. The number of aromatic nitrogens is 3. The summed E-state index contributed by atoms with van der Waals surface area (Å²) in [4.78, 5) is 13.5. The van der Waals surface area contributed by atoms with Crippen molar-refractivity contribution in [2.45, 2.75) is 39.3 Å². The highest BCUT2D eigenvalue weighted by atomic mass is 35.5. The first-order valence-corrected chi connectivity index (χ1v) is 8.25. The SMILES string of the molecule is CC(C)CC(C)(CN)NC(=O)c1cn(Cc2cccs2)nn1.Cl. The fraction of sp³-hybridized carbons (Fsp3) is 0.533. The third kappa shape index (κ3) is 5.60. The van der Waals surface area contributed by atoms with Crippen LogP contribution in [0.2, 0.25) is 0 Å². The van der Waals surface area contributed by atoms with Crippen molar-refractivity contribution in [2.75, 3.05) is 6.54 Å². The normalized spacial score (nSPS) is 13.4. The Morgan fingerprint density at radius 2 is 2.26 bits per heavy atom. The van der Waals surface area contributed by atoms with Gasteiger partial charge in [0, 0.05) is 11.4 Å². The van der Waals surface area contributed by atoms with E-state index in [4.69, 9.17) is 5.73 Å². The van der Waals surface area contributed by atoms with E-state index in [-0.39, 0.29) is 18.3 Å². The molecule has 23 heavy (non-hydrogen) atoms. The van der Waals surface area contributed by atoms with Crippen LogP contribution >= 0.6 is 23.7 Å². The molecule has 128 valence electrons. The van der Waals surface area contributed by atoms with E-state index in [0.717, 1.165) is 6.42 Å². The van der Waals surface area contributed by atoms with Gasteiger partial charge in [0.2, 0.25) is 0 Å². The lowest BCUT2D eigenvalue weighted by molar-refractivity contribution is 0.0893. The molecule has 3 N–H and O–H groups in total. The van der Waals surface area contributed by atoms with Crippen LogP contribution < -0.4 is 11.1 Å². The largest absolute Gasteiger partial charge is 0.344 e. The molecule has 0 aliphatic rings. The van der Waals surface area contributed by atoms with Crippen molar-refractivity contribution in [2.24, 2.45) is 11.7 Å². The fourth-order valence-electron chi connectivity index (χ4n) is 2.47. The summed E-state index contributed by atoms with van der Waals surface area (Å²) in [6.45, 7) is 7.19. The van der Waals surface area contributed by atoms with Crippen LogP contribution in [0.3, 0.4) is 0 Å². The van der Waals surface area contributed by atoms with Gasteiger partial charge in [-0.15, -0.1) is 28.8 Å². The van der Waals surface area contributed by atoms with E-state index >= 15 is 0 Å². The van der Waals surface area contributed by atoms with Crippen molar-refractivity contribution in [1.82, 2.24) is 20.3 Å². The zero-order chi connectivity index (χ0) is 16.2. The summed E-state index contributed by atoms with van der Waals surface area (Å²) < 4.78 is 1.67. The second-order valence-electron chi connectivity index (χ2n) is 6.20. The number of nitrogens with zero attached hydrogens (tertiary/aromatic N) is 3. The highest BCUT2D eigenvalue weighted by Crippen LogP contribution is 2.16. The van der Waals surface area contributed by atoms with Gasteiger partial charge in [-0.3, -0.25) is 4.79 Å². The van der Waals surface area contributed by atoms with Gasteiger partial charge < -0.3 is 11.1 Å². The van der Waals surface area contributed by atoms with Crippen LogP contribution in [0.4, 0.5) is 0 Å². The smallest absolute Gasteiger partial charge is 0.273 e. The quantitative estimate of drug-likeness (QED) is 0.796. The molecule has 0 radical (unpaired) electrons. The number of rotatable bonds is 7. The van der Waals surface area contributed by atoms with E-state index in [9.17, 15) is 4.79 Å². The topological polar surface area (TPSA) is 85.8 Å². The number of thiophene rings is 1. The summed E-state index contributed by atoms with van der Waals surface area (Å²) in [5.74, 6) is 0.217. The van der Waals surface area contributed by atoms with E-state index in [2.05, 4.69) is 29.5 Å². The monoisotopic (exact) mass is 357 g/mol. The van der Waals surface area contributed by atoms with Crippen LogP contribution in [0.1, 0.15) is 42.6 Å². The molecule has 2 heterocycles. The molecule has 0 spiro atoms. The molecule has 0 fully saturated rings. The number of hydrogen-bond acceptors (Lipinski definition) is 5. The molecule has 2 aromatic heterocycles. The highest BCUT2D eigenvalue weighted by Gasteiger charge is 2.27. The summed E-state index contributed by atoms with van der Waals surface area (Å²) >= 11 is 1.65. The Bertz CT molecular complexity index is 613. The lowest BCUT2D eigenvalue weighted by Crippen LogP contribution is -2.52. The number of halogens is 1. The Balaban J connectivity index is 0.00000264. The lowest BCUT2D eigenvalue weighted by Gasteiger charge is -2.30. The van der Waals surface area contributed by atoms with Crippen molar-refractivity contribution in [1.29, 1.82) is 0 Å². The van der Waals surface area contributed by atoms with Gasteiger partial charge in [-0.05, 0) is 30.7 Å². The molecule has 2 aromatic rings. The molecular formula is C15H24ClN5OS. The molecule has 1 amide bonds. The van der Waals surface area contributed by atoms with Crippen molar-refractivity contribution in [3.63, 3.8) is 0 Å². The van der Waals surface area contributed by atoms with Crippen molar-refractivity contribution >= 4 is 29.7 Å². The summed E-state index contributed by atoms with van der Waals surface area (Å²) in [5, 5.41) is 13.0. The van der Waals surface area contributed by atoms with Gasteiger partial charge in [0.25, 0.3) is 5.91 Å². The van der Waals surface area contributed by atoms with Crippen LogP contribution in [-0.4, -0.2) is 33.0 Å². The van der Waals surface area contributed by atoms with E-state index in [1.165, 1.54) is 4.88 Å². The average Bonchev–Trinajstić information content (AvgIpc) is 3.10. The predicted molar refractivity (Wildman–Crippen MR) is 95.1 cm³/mol. The van der Waals surface area contributed by atoms with Gasteiger partial charge in [-0.2, -0.15) is 0 Å². The van der Waals surface area contributed by atoms with Crippen molar-refractivity contribution < 1.29 is 4.79 Å². The molecule has 0 aliphatic heterocycles. The minimum Gasteiger partial charge on any atom is -0.344 e. The second kappa shape index (κ2) is 8.42. The molecule has 2 rings (SSSR count). The maximum absolute atomic E-state index is 12.3. The zero-order valence-corrected chi connectivity index (χ0v) is 15.3. The Morgan fingerprint density at radius 3 is 2.83 bits per heavy atom. The minimum absolute atomic E-state index is 0. The summed E-state index contributed by atoms with van der Waals surface area (Å²) in [5.41, 5.74) is 5.71. The summed E-state index contributed by atoms with van der Waals surface area (Å²) in [7, 11) is 0. The van der Waals surface area contributed by atoms with Gasteiger partial charge in [0.15, 0.2) is 5.69 Å². The molecule has 6 nitrogen and oxygen atoms in total. The van der Waals surface area contributed by atoms with Crippen LogP contribution in [0, 0.1) is 5.92 Å². The third-order valence-electron chi connectivity index (χ3n) is 3.39. The molecule has 0 aromatic carbocycles. The third-order valence-corrected chi connectivity index (χ3v) is 4.25. The van der Waals surface area contributed by atoms with E-state index in [1.807, 2.05) is 24.4 Å². The maximum Gasteiger partial charge on any atom is 0.273 e. The number of amides is 1. The fourth-order valence-corrected chi connectivity index (χ4v) is 3.16. The number of carbonyl (C=O) groups excluding carboxylic acids is 1. The Kier molecular flexibility index (Phi) is 7.18.